The van der Waals surface area contributed by atoms with Crippen LogP contribution in [0, 0.1) is 13.8 Å². The Morgan fingerprint density at radius 1 is 1.38 bits per heavy atom. The average Bonchev–Trinajstić information content (AvgIpc) is 2.54. The fourth-order valence-corrected chi connectivity index (χ4v) is 2.01. The first-order chi connectivity index (χ1) is 7.63. The highest BCUT2D eigenvalue weighted by atomic mass is 35.5. The first-order valence-corrected chi connectivity index (χ1v) is 5.52. The van der Waals surface area contributed by atoms with Crippen LogP contribution in [0.2, 0.25) is 5.02 Å². The lowest BCUT2D eigenvalue weighted by Crippen LogP contribution is -2.01. The Balaban J connectivity index is 2.56. The number of benzene rings is 1. The smallest absolute Gasteiger partial charge is 0.0663 e. The Labute approximate surface area is 99.8 Å². The van der Waals surface area contributed by atoms with Crippen molar-refractivity contribution in [3.05, 3.63) is 46.2 Å². The van der Waals surface area contributed by atoms with Crippen molar-refractivity contribution in [1.29, 1.82) is 0 Å². The standard InChI is InChI=1S/C12H14ClN3/c1-8-12(7-14)9(2)16(15-8)11-5-3-4-10(13)6-11/h3-6H,7,14H2,1-2H3. The molecule has 0 bridgehead atoms. The van der Waals surface area contributed by atoms with E-state index in [9.17, 15) is 0 Å². The molecule has 0 aliphatic heterocycles. The molecule has 0 unspecified atom stereocenters. The van der Waals surface area contributed by atoms with E-state index in [1.807, 2.05) is 42.8 Å². The summed E-state index contributed by atoms with van der Waals surface area (Å²) in [6.45, 7) is 4.50. The highest BCUT2D eigenvalue weighted by Crippen LogP contribution is 2.19. The molecule has 0 atom stereocenters. The van der Waals surface area contributed by atoms with Crippen molar-refractivity contribution in [1.82, 2.24) is 9.78 Å². The first kappa shape index (κ1) is 11.2. The lowest BCUT2D eigenvalue weighted by molar-refractivity contribution is 0.832. The van der Waals surface area contributed by atoms with Crippen molar-refractivity contribution in [2.45, 2.75) is 20.4 Å². The number of rotatable bonds is 2. The molecule has 0 aliphatic carbocycles. The Kier molecular flexibility index (Phi) is 2.99. The Morgan fingerprint density at radius 3 is 2.69 bits per heavy atom. The molecule has 1 aromatic carbocycles. The molecule has 0 saturated carbocycles. The maximum absolute atomic E-state index is 5.96. The van der Waals surface area contributed by atoms with Crippen LogP contribution < -0.4 is 5.73 Å². The molecule has 0 saturated heterocycles. The van der Waals surface area contributed by atoms with Crippen LogP contribution in [0.25, 0.3) is 5.69 Å². The van der Waals surface area contributed by atoms with Crippen molar-refractivity contribution in [3.8, 4) is 5.69 Å². The second-order valence-electron chi connectivity index (χ2n) is 3.75. The molecular formula is C12H14ClN3. The third kappa shape index (κ3) is 1.84. The number of hydrogen-bond donors (Lipinski definition) is 1. The molecule has 16 heavy (non-hydrogen) atoms. The van der Waals surface area contributed by atoms with Crippen molar-refractivity contribution < 1.29 is 0 Å². The second kappa shape index (κ2) is 4.28. The summed E-state index contributed by atoms with van der Waals surface area (Å²) in [5.41, 5.74) is 9.80. The number of halogens is 1. The molecule has 4 heteroatoms. The topological polar surface area (TPSA) is 43.8 Å². The number of hydrogen-bond acceptors (Lipinski definition) is 2. The molecule has 0 amide bonds. The van der Waals surface area contributed by atoms with Gasteiger partial charge in [-0.2, -0.15) is 5.10 Å². The van der Waals surface area contributed by atoms with E-state index in [-0.39, 0.29) is 0 Å². The molecule has 0 spiro atoms. The Hall–Kier alpha value is -1.32. The first-order valence-electron chi connectivity index (χ1n) is 5.14. The maximum atomic E-state index is 5.96. The minimum atomic E-state index is 0.512. The highest BCUT2D eigenvalue weighted by Gasteiger charge is 2.11. The van der Waals surface area contributed by atoms with Gasteiger partial charge < -0.3 is 5.73 Å². The van der Waals surface area contributed by atoms with E-state index < -0.39 is 0 Å². The molecule has 2 aromatic rings. The van der Waals surface area contributed by atoms with E-state index in [4.69, 9.17) is 17.3 Å². The molecule has 0 fully saturated rings. The van der Waals surface area contributed by atoms with Gasteiger partial charge in [0.2, 0.25) is 0 Å². The van der Waals surface area contributed by atoms with E-state index >= 15 is 0 Å². The van der Waals surface area contributed by atoms with Gasteiger partial charge >= 0.3 is 0 Å². The van der Waals surface area contributed by atoms with E-state index in [1.54, 1.807) is 0 Å². The lowest BCUT2D eigenvalue weighted by atomic mass is 10.2. The number of aromatic nitrogens is 2. The summed E-state index contributed by atoms with van der Waals surface area (Å²) >= 11 is 5.96. The van der Waals surface area contributed by atoms with Gasteiger partial charge in [0.05, 0.1) is 11.4 Å². The van der Waals surface area contributed by atoms with Crippen molar-refractivity contribution >= 4 is 11.6 Å². The normalized spacial score (nSPS) is 10.8. The van der Waals surface area contributed by atoms with Gasteiger partial charge in [-0.25, -0.2) is 4.68 Å². The average molecular weight is 236 g/mol. The third-order valence-corrected chi connectivity index (χ3v) is 2.93. The fourth-order valence-electron chi connectivity index (χ4n) is 1.83. The van der Waals surface area contributed by atoms with Crippen molar-refractivity contribution in [2.24, 2.45) is 5.73 Å². The van der Waals surface area contributed by atoms with E-state index in [2.05, 4.69) is 5.10 Å². The van der Waals surface area contributed by atoms with Crippen LogP contribution in [-0.2, 0) is 6.54 Å². The van der Waals surface area contributed by atoms with Crippen molar-refractivity contribution in [2.75, 3.05) is 0 Å². The molecule has 0 aliphatic rings. The van der Waals surface area contributed by atoms with Gasteiger partial charge in [0, 0.05) is 22.8 Å². The summed E-state index contributed by atoms with van der Waals surface area (Å²) < 4.78 is 1.88. The Bertz CT molecular complexity index is 517. The second-order valence-corrected chi connectivity index (χ2v) is 4.18. The SMILES string of the molecule is Cc1nn(-c2cccc(Cl)c2)c(C)c1CN. The van der Waals surface area contributed by atoms with Gasteiger partial charge in [-0.1, -0.05) is 17.7 Å². The number of nitrogens with two attached hydrogens (primary N) is 1. The molecule has 0 radical (unpaired) electrons. The molecule has 3 nitrogen and oxygen atoms in total. The van der Waals surface area contributed by atoms with Gasteiger partial charge in [-0.3, -0.25) is 0 Å². The number of nitrogens with zero attached hydrogens (tertiary/aromatic N) is 2. The molecular weight excluding hydrogens is 222 g/mol. The lowest BCUT2D eigenvalue weighted by Gasteiger charge is -2.05. The molecule has 1 aromatic heterocycles. The minimum Gasteiger partial charge on any atom is -0.326 e. The Morgan fingerprint density at radius 2 is 2.12 bits per heavy atom. The molecule has 2 N–H and O–H groups in total. The van der Waals surface area contributed by atoms with Crippen LogP contribution in [0.1, 0.15) is 17.0 Å². The highest BCUT2D eigenvalue weighted by molar-refractivity contribution is 6.30. The predicted molar refractivity (Wildman–Crippen MR) is 65.9 cm³/mol. The quantitative estimate of drug-likeness (QED) is 0.870. The maximum Gasteiger partial charge on any atom is 0.0663 e. The van der Waals surface area contributed by atoms with Crippen LogP contribution in [0.5, 0.6) is 0 Å². The van der Waals surface area contributed by atoms with E-state index in [1.165, 1.54) is 0 Å². The van der Waals surface area contributed by atoms with Gasteiger partial charge in [0.25, 0.3) is 0 Å². The summed E-state index contributed by atoms with van der Waals surface area (Å²) in [5.74, 6) is 0. The zero-order valence-electron chi connectivity index (χ0n) is 9.37. The summed E-state index contributed by atoms with van der Waals surface area (Å²) in [7, 11) is 0. The third-order valence-electron chi connectivity index (χ3n) is 2.70. The van der Waals surface area contributed by atoms with E-state index in [0.29, 0.717) is 11.6 Å². The van der Waals surface area contributed by atoms with Crippen molar-refractivity contribution in [3.63, 3.8) is 0 Å². The fraction of sp³-hybridized carbons (Fsp3) is 0.250. The summed E-state index contributed by atoms with van der Waals surface area (Å²) in [4.78, 5) is 0. The predicted octanol–water partition coefficient (Wildman–Crippen LogP) is 2.60. The molecule has 84 valence electrons. The summed E-state index contributed by atoms with van der Waals surface area (Å²) in [6, 6.07) is 7.63. The van der Waals surface area contributed by atoms with Crippen LogP contribution in [-0.4, -0.2) is 9.78 Å². The van der Waals surface area contributed by atoms with Gasteiger partial charge in [0.15, 0.2) is 0 Å². The number of aryl methyl sites for hydroxylation is 1. The van der Waals surface area contributed by atoms with Crippen LogP contribution in [0.4, 0.5) is 0 Å². The van der Waals surface area contributed by atoms with Gasteiger partial charge in [-0.15, -0.1) is 0 Å². The van der Waals surface area contributed by atoms with Gasteiger partial charge in [-0.05, 0) is 32.0 Å². The van der Waals surface area contributed by atoms with Gasteiger partial charge in [0.1, 0.15) is 0 Å². The molecule has 2 rings (SSSR count). The monoisotopic (exact) mass is 235 g/mol. The minimum absolute atomic E-state index is 0.512. The van der Waals surface area contributed by atoms with Crippen LogP contribution in [0.15, 0.2) is 24.3 Å². The zero-order valence-corrected chi connectivity index (χ0v) is 10.1. The zero-order chi connectivity index (χ0) is 11.7. The summed E-state index contributed by atoms with van der Waals surface area (Å²) in [5, 5.41) is 5.18. The molecule has 1 heterocycles. The van der Waals surface area contributed by atoms with Crippen LogP contribution in [0.3, 0.4) is 0 Å². The largest absolute Gasteiger partial charge is 0.326 e. The summed E-state index contributed by atoms with van der Waals surface area (Å²) in [6.07, 6.45) is 0. The van der Waals surface area contributed by atoms with E-state index in [0.717, 1.165) is 22.6 Å². The van der Waals surface area contributed by atoms with Crippen LogP contribution >= 0.6 is 11.6 Å².